The molecule has 0 amide bonds. The molecule has 2 aliphatic rings. The van der Waals surface area contributed by atoms with Crippen molar-refractivity contribution in [3.8, 4) is 12.1 Å². The predicted molar refractivity (Wildman–Crippen MR) is 92.4 cm³/mol. The van der Waals surface area contributed by atoms with Gasteiger partial charge in [0.15, 0.2) is 0 Å². The van der Waals surface area contributed by atoms with Gasteiger partial charge in [-0.3, -0.25) is 0 Å². The van der Waals surface area contributed by atoms with Gasteiger partial charge in [0.25, 0.3) is 0 Å². The summed E-state index contributed by atoms with van der Waals surface area (Å²) in [7, 11) is 0. The van der Waals surface area contributed by atoms with Gasteiger partial charge in [0.05, 0.1) is 29.7 Å². The molecule has 120 valence electrons. The van der Waals surface area contributed by atoms with E-state index in [1.807, 2.05) is 30.3 Å². The monoisotopic (exact) mass is 317 g/mol. The van der Waals surface area contributed by atoms with Gasteiger partial charge in [-0.15, -0.1) is 0 Å². The van der Waals surface area contributed by atoms with E-state index in [0.29, 0.717) is 18.4 Å². The molecule has 4 rings (SSSR count). The maximum Gasteiger partial charge on any atom is 0.0998 e. The molecule has 0 aliphatic carbocycles. The largest absolute Gasteiger partial charge is 0.389 e. The van der Waals surface area contributed by atoms with E-state index in [0.717, 1.165) is 29.3 Å². The molecule has 2 aliphatic heterocycles. The zero-order valence-corrected chi connectivity index (χ0v) is 13.4. The lowest BCUT2D eigenvalue weighted by Gasteiger charge is -2.44. The first-order valence-corrected chi connectivity index (χ1v) is 8.45. The lowest BCUT2D eigenvalue weighted by atomic mass is 9.83. The number of hydrogen-bond donors (Lipinski definition) is 1. The molecular formula is C20H19N3O. The van der Waals surface area contributed by atoms with Crippen molar-refractivity contribution in [2.75, 3.05) is 4.90 Å². The zero-order valence-electron chi connectivity index (χ0n) is 13.4. The summed E-state index contributed by atoms with van der Waals surface area (Å²) >= 11 is 0. The van der Waals surface area contributed by atoms with Gasteiger partial charge in [0.2, 0.25) is 0 Å². The molecular weight excluding hydrogens is 298 g/mol. The fourth-order valence-corrected chi connectivity index (χ4v) is 4.61. The number of hydrogen-bond acceptors (Lipinski definition) is 4. The molecule has 0 radical (unpaired) electrons. The second kappa shape index (κ2) is 5.51. The van der Waals surface area contributed by atoms with Crippen LogP contribution in [-0.4, -0.2) is 22.8 Å². The Labute approximate surface area is 141 Å². The number of rotatable bonds is 2. The third kappa shape index (κ3) is 2.23. The van der Waals surface area contributed by atoms with E-state index >= 15 is 0 Å². The van der Waals surface area contributed by atoms with Crippen LogP contribution >= 0.6 is 0 Å². The van der Waals surface area contributed by atoms with Gasteiger partial charge in [0.1, 0.15) is 0 Å². The van der Waals surface area contributed by atoms with Crippen LogP contribution in [0.1, 0.15) is 37.7 Å². The molecule has 2 heterocycles. The molecule has 0 aromatic heterocycles. The van der Waals surface area contributed by atoms with E-state index in [2.05, 4.69) is 23.1 Å². The highest BCUT2D eigenvalue weighted by Crippen LogP contribution is 2.46. The molecule has 2 fully saturated rings. The topological polar surface area (TPSA) is 71.0 Å². The fourth-order valence-electron chi connectivity index (χ4n) is 4.61. The summed E-state index contributed by atoms with van der Waals surface area (Å²) in [6.45, 7) is 0. The summed E-state index contributed by atoms with van der Waals surface area (Å²) in [6, 6.07) is 16.9. The Morgan fingerprint density at radius 3 is 2.33 bits per heavy atom. The van der Waals surface area contributed by atoms with E-state index < -0.39 is 5.60 Å². The molecule has 24 heavy (non-hydrogen) atoms. The first kappa shape index (κ1) is 15.0. The minimum atomic E-state index is -0.848. The Morgan fingerprint density at radius 1 is 1.04 bits per heavy atom. The van der Waals surface area contributed by atoms with Crippen LogP contribution in [0.2, 0.25) is 0 Å². The van der Waals surface area contributed by atoms with Crippen molar-refractivity contribution in [1.29, 1.82) is 10.5 Å². The standard InChI is InChI=1S/C20H19N3O/c21-10-9-20(24)11-15-6-7-16(12-20)23(15)19-8-5-14(13-22)17-3-1-2-4-18(17)19/h1-5,8,15-16,24H,6-7,9,11-12H2/t15-,16+,20?. The number of piperidine rings is 1. The highest BCUT2D eigenvalue weighted by molar-refractivity contribution is 5.98. The van der Waals surface area contributed by atoms with Crippen LogP contribution in [-0.2, 0) is 0 Å². The Bertz CT molecular complexity index is 863. The second-order valence-corrected chi connectivity index (χ2v) is 7.05. The Kier molecular flexibility index (Phi) is 3.44. The molecule has 2 aromatic carbocycles. The third-order valence-electron chi connectivity index (χ3n) is 5.56. The van der Waals surface area contributed by atoms with Gasteiger partial charge in [-0.2, -0.15) is 10.5 Å². The summed E-state index contributed by atoms with van der Waals surface area (Å²) in [4.78, 5) is 2.43. The zero-order chi connectivity index (χ0) is 16.7. The molecule has 1 N–H and O–H groups in total. The van der Waals surface area contributed by atoms with Gasteiger partial charge < -0.3 is 10.0 Å². The Balaban J connectivity index is 1.78. The molecule has 3 atom stereocenters. The first-order chi connectivity index (χ1) is 11.6. The van der Waals surface area contributed by atoms with Crippen LogP contribution in [0.5, 0.6) is 0 Å². The van der Waals surface area contributed by atoms with Crippen LogP contribution in [0, 0.1) is 22.7 Å². The summed E-state index contributed by atoms with van der Waals surface area (Å²) in [6.07, 6.45) is 3.60. The van der Waals surface area contributed by atoms with Crippen LogP contribution < -0.4 is 4.90 Å². The number of benzene rings is 2. The maximum atomic E-state index is 10.7. The van der Waals surface area contributed by atoms with Crippen molar-refractivity contribution in [2.24, 2.45) is 0 Å². The van der Waals surface area contributed by atoms with Crippen LogP contribution in [0.4, 0.5) is 5.69 Å². The van der Waals surface area contributed by atoms with Crippen molar-refractivity contribution in [2.45, 2.75) is 49.8 Å². The van der Waals surface area contributed by atoms with Crippen molar-refractivity contribution >= 4 is 16.5 Å². The van der Waals surface area contributed by atoms with E-state index in [1.54, 1.807) is 0 Å². The molecule has 4 nitrogen and oxygen atoms in total. The number of aliphatic hydroxyl groups is 1. The van der Waals surface area contributed by atoms with Gasteiger partial charge in [-0.1, -0.05) is 24.3 Å². The molecule has 2 bridgehead atoms. The van der Waals surface area contributed by atoms with E-state index in [-0.39, 0.29) is 18.5 Å². The maximum absolute atomic E-state index is 10.7. The summed E-state index contributed by atoms with van der Waals surface area (Å²) in [5.74, 6) is 0. The Hall–Kier alpha value is -2.56. The normalized spacial score (nSPS) is 28.5. The highest BCUT2D eigenvalue weighted by Gasteiger charge is 2.47. The molecule has 0 spiro atoms. The van der Waals surface area contributed by atoms with Gasteiger partial charge in [0, 0.05) is 28.5 Å². The lowest BCUT2D eigenvalue weighted by Crippen LogP contribution is -2.51. The summed E-state index contributed by atoms with van der Waals surface area (Å²) in [5.41, 5.74) is 0.996. The van der Waals surface area contributed by atoms with Crippen molar-refractivity contribution < 1.29 is 5.11 Å². The molecule has 2 saturated heterocycles. The second-order valence-electron chi connectivity index (χ2n) is 7.05. The van der Waals surface area contributed by atoms with Crippen LogP contribution in [0.25, 0.3) is 10.8 Å². The minimum Gasteiger partial charge on any atom is -0.389 e. The number of nitrogens with zero attached hydrogens (tertiary/aromatic N) is 3. The number of fused-ring (bicyclic) bond motifs is 3. The lowest BCUT2D eigenvalue weighted by molar-refractivity contribution is 0.00622. The quantitative estimate of drug-likeness (QED) is 0.920. The highest BCUT2D eigenvalue weighted by atomic mass is 16.3. The predicted octanol–water partition coefficient (Wildman–Crippen LogP) is 3.49. The summed E-state index contributed by atoms with van der Waals surface area (Å²) in [5, 5.41) is 31.2. The molecule has 0 saturated carbocycles. The summed E-state index contributed by atoms with van der Waals surface area (Å²) < 4.78 is 0. The SMILES string of the molecule is N#CCC1(O)C[C@H]2CC[C@@H](C1)N2c1ccc(C#N)c2ccccc12. The van der Waals surface area contributed by atoms with Crippen LogP contribution in [0.3, 0.4) is 0 Å². The van der Waals surface area contributed by atoms with Gasteiger partial charge >= 0.3 is 0 Å². The Morgan fingerprint density at radius 2 is 1.71 bits per heavy atom. The minimum absolute atomic E-state index is 0.210. The third-order valence-corrected chi connectivity index (χ3v) is 5.56. The van der Waals surface area contributed by atoms with Crippen molar-refractivity contribution in [1.82, 2.24) is 0 Å². The first-order valence-electron chi connectivity index (χ1n) is 8.45. The smallest absolute Gasteiger partial charge is 0.0998 e. The van der Waals surface area contributed by atoms with Crippen LogP contribution in [0.15, 0.2) is 36.4 Å². The number of anilines is 1. The van der Waals surface area contributed by atoms with Gasteiger partial charge in [-0.05, 0) is 37.8 Å². The van der Waals surface area contributed by atoms with E-state index in [4.69, 9.17) is 5.26 Å². The fraction of sp³-hybridized carbons (Fsp3) is 0.400. The van der Waals surface area contributed by atoms with Crippen molar-refractivity contribution in [3.05, 3.63) is 42.0 Å². The average molecular weight is 317 g/mol. The molecule has 1 unspecified atom stereocenters. The molecule has 2 aromatic rings. The van der Waals surface area contributed by atoms with E-state index in [9.17, 15) is 10.4 Å². The van der Waals surface area contributed by atoms with E-state index in [1.165, 1.54) is 0 Å². The number of nitriles is 2. The average Bonchev–Trinajstić information content (AvgIpc) is 2.86. The molecule has 4 heteroatoms. The van der Waals surface area contributed by atoms with Gasteiger partial charge in [-0.25, -0.2) is 0 Å². The van der Waals surface area contributed by atoms with Crippen molar-refractivity contribution in [3.63, 3.8) is 0 Å².